The fourth-order valence-corrected chi connectivity index (χ4v) is 3.20. The molecular formula is C21H18N4O2. The van der Waals surface area contributed by atoms with Crippen molar-refractivity contribution in [1.82, 2.24) is 14.9 Å². The van der Waals surface area contributed by atoms with Crippen molar-refractivity contribution in [3.05, 3.63) is 78.6 Å². The van der Waals surface area contributed by atoms with E-state index in [2.05, 4.69) is 9.97 Å². The Labute approximate surface area is 157 Å². The Morgan fingerprint density at radius 1 is 0.852 bits per heavy atom. The lowest BCUT2D eigenvalue weighted by molar-refractivity contribution is -0.128. The van der Waals surface area contributed by atoms with Gasteiger partial charge in [-0.15, -0.1) is 0 Å². The highest BCUT2D eigenvalue weighted by Gasteiger charge is 2.31. The van der Waals surface area contributed by atoms with Crippen molar-refractivity contribution in [3.63, 3.8) is 0 Å². The molecule has 1 aliphatic rings. The smallest absolute Gasteiger partial charge is 0.261 e. The summed E-state index contributed by atoms with van der Waals surface area (Å²) in [5, 5.41) is 0. The molecule has 0 spiro atoms. The first-order valence-electron chi connectivity index (χ1n) is 8.75. The van der Waals surface area contributed by atoms with Crippen molar-refractivity contribution in [2.45, 2.75) is 0 Å². The summed E-state index contributed by atoms with van der Waals surface area (Å²) in [6.07, 6.45) is 3.28. The minimum Gasteiger partial charge on any atom is -0.330 e. The number of nitrogens with zero attached hydrogens (tertiary/aromatic N) is 4. The molecule has 6 heteroatoms. The molecule has 0 unspecified atom stereocenters. The average molecular weight is 358 g/mol. The molecule has 27 heavy (non-hydrogen) atoms. The molecule has 1 saturated heterocycles. The molecule has 1 fully saturated rings. The maximum absolute atomic E-state index is 13.1. The number of amides is 2. The molecule has 4 rings (SSSR count). The maximum atomic E-state index is 13.1. The summed E-state index contributed by atoms with van der Waals surface area (Å²) in [6, 6.07) is 18.8. The van der Waals surface area contributed by atoms with Gasteiger partial charge in [0.15, 0.2) is 0 Å². The van der Waals surface area contributed by atoms with E-state index in [0.29, 0.717) is 24.6 Å². The number of rotatable bonds is 3. The normalized spacial score (nSPS) is 14.3. The molecule has 0 radical (unpaired) electrons. The number of piperazine rings is 1. The van der Waals surface area contributed by atoms with Crippen LogP contribution in [0.1, 0.15) is 10.4 Å². The molecule has 6 nitrogen and oxygen atoms in total. The number of imide groups is 1. The van der Waals surface area contributed by atoms with Gasteiger partial charge in [-0.25, -0.2) is 9.97 Å². The highest BCUT2D eigenvalue weighted by molar-refractivity contribution is 6.09. The number of hydrogen-bond donors (Lipinski definition) is 0. The Hall–Kier alpha value is -3.54. The molecule has 2 amide bonds. The van der Waals surface area contributed by atoms with Crippen LogP contribution in [0.15, 0.2) is 73.1 Å². The standard InChI is InChI=1S/C21H18N4O2/c26-19-15-24(21-22-11-6-12-23-21)13-14-25(19)20(27)18-10-5-4-9-17(18)16-7-2-1-3-8-16/h1-12H,13-15H2. The molecule has 0 aliphatic carbocycles. The van der Waals surface area contributed by atoms with Crippen LogP contribution in [0.5, 0.6) is 0 Å². The highest BCUT2D eigenvalue weighted by Crippen LogP contribution is 2.25. The van der Waals surface area contributed by atoms with Crippen molar-refractivity contribution >= 4 is 17.8 Å². The van der Waals surface area contributed by atoms with E-state index in [1.165, 1.54) is 4.90 Å². The zero-order valence-electron chi connectivity index (χ0n) is 14.7. The monoisotopic (exact) mass is 358 g/mol. The summed E-state index contributed by atoms with van der Waals surface area (Å²) in [6.45, 7) is 0.900. The van der Waals surface area contributed by atoms with Crippen LogP contribution >= 0.6 is 0 Å². The zero-order valence-corrected chi connectivity index (χ0v) is 14.7. The summed E-state index contributed by atoms with van der Waals surface area (Å²) in [5.41, 5.74) is 2.30. The van der Waals surface area contributed by atoms with Crippen LogP contribution in [0.2, 0.25) is 0 Å². The number of benzene rings is 2. The molecule has 0 N–H and O–H groups in total. The van der Waals surface area contributed by atoms with Gasteiger partial charge in [0.05, 0.1) is 0 Å². The molecule has 2 heterocycles. The van der Waals surface area contributed by atoms with Crippen LogP contribution in [-0.4, -0.2) is 46.3 Å². The third kappa shape index (κ3) is 3.42. The van der Waals surface area contributed by atoms with Crippen molar-refractivity contribution in [1.29, 1.82) is 0 Å². The number of anilines is 1. The van der Waals surface area contributed by atoms with Crippen molar-refractivity contribution in [2.75, 3.05) is 24.5 Å². The Kier molecular flexibility index (Phi) is 4.61. The predicted molar refractivity (Wildman–Crippen MR) is 102 cm³/mol. The second kappa shape index (κ2) is 7.37. The summed E-state index contributed by atoms with van der Waals surface area (Å²) in [7, 11) is 0. The summed E-state index contributed by atoms with van der Waals surface area (Å²) in [5.74, 6) is -0.0164. The van der Waals surface area contributed by atoms with E-state index in [4.69, 9.17) is 0 Å². The van der Waals surface area contributed by atoms with Gasteiger partial charge in [0.25, 0.3) is 5.91 Å². The van der Waals surface area contributed by atoms with Crippen LogP contribution in [0.4, 0.5) is 5.95 Å². The topological polar surface area (TPSA) is 66.4 Å². The van der Waals surface area contributed by atoms with Crippen LogP contribution < -0.4 is 4.90 Å². The quantitative estimate of drug-likeness (QED) is 0.674. The van der Waals surface area contributed by atoms with Gasteiger partial charge in [-0.05, 0) is 23.3 Å². The molecule has 134 valence electrons. The summed E-state index contributed by atoms with van der Waals surface area (Å²) >= 11 is 0. The van der Waals surface area contributed by atoms with Crippen LogP contribution in [-0.2, 0) is 4.79 Å². The summed E-state index contributed by atoms with van der Waals surface area (Å²) < 4.78 is 0. The van der Waals surface area contributed by atoms with Crippen LogP contribution in [0.3, 0.4) is 0 Å². The second-order valence-electron chi connectivity index (χ2n) is 6.23. The van der Waals surface area contributed by atoms with E-state index in [1.807, 2.05) is 48.5 Å². The van der Waals surface area contributed by atoms with Crippen molar-refractivity contribution < 1.29 is 9.59 Å². The summed E-state index contributed by atoms with van der Waals surface area (Å²) in [4.78, 5) is 37.2. The first kappa shape index (κ1) is 16.9. The van der Waals surface area contributed by atoms with Crippen LogP contribution in [0.25, 0.3) is 11.1 Å². The molecular weight excluding hydrogens is 340 g/mol. The lowest BCUT2D eigenvalue weighted by atomic mass is 9.98. The van der Waals surface area contributed by atoms with Gasteiger partial charge in [-0.3, -0.25) is 14.5 Å². The van der Waals surface area contributed by atoms with E-state index in [1.54, 1.807) is 29.4 Å². The molecule has 1 aromatic heterocycles. The predicted octanol–water partition coefficient (Wildman–Crippen LogP) is 2.63. The maximum Gasteiger partial charge on any atom is 0.261 e. The molecule has 0 saturated carbocycles. The molecule has 0 atom stereocenters. The van der Waals surface area contributed by atoms with Gasteiger partial charge in [0.2, 0.25) is 11.9 Å². The van der Waals surface area contributed by atoms with E-state index in [0.717, 1.165) is 11.1 Å². The van der Waals surface area contributed by atoms with Crippen molar-refractivity contribution in [2.24, 2.45) is 0 Å². The third-order valence-electron chi connectivity index (χ3n) is 4.54. The second-order valence-corrected chi connectivity index (χ2v) is 6.23. The number of aromatic nitrogens is 2. The minimum atomic E-state index is -0.270. The number of carbonyl (C=O) groups is 2. The van der Waals surface area contributed by atoms with Gasteiger partial charge >= 0.3 is 0 Å². The van der Waals surface area contributed by atoms with Gasteiger partial charge in [-0.1, -0.05) is 48.5 Å². The van der Waals surface area contributed by atoms with Gasteiger partial charge < -0.3 is 4.90 Å². The van der Waals surface area contributed by atoms with Crippen LogP contribution in [0, 0.1) is 0 Å². The average Bonchev–Trinajstić information content (AvgIpc) is 2.74. The van der Waals surface area contributed by atoms with E-state index in [-0.39, 0.29) is 18.4 Å². The molecule has 0 bridgehead atoms. The lowest BCUT2D eigenvalue weighted by Crippen LogP contribution is -2.53. The zero-order chi connectivity index (χ0) is 18.6. The number of carbonyl (C=O) groups excluding carboxylic acids is 2. The largest absolute Gasteiger partial charge is 0.330 e. The first-order valence-corrected chi connectivity index (χ1v) is 8.75. The number of hydrogen-bond acceptors (Lipinski definition) is 5. The lowest BCUT2D eigenvalue weighted by Gasteiger charge is -2.33. The minimum absolute atomic E-state index is 0.0866. The first-order chi connectivity index (χ1) is 13.2. The highest BCUT2D eigenvalue weighted by atomic mass is 16.2. The fourth-order valence-electron chi connectivity index (χ4n) is 3.20. The van der Waals surface area contributed by atoms with Gasteiger partial charge in [-0.2, -0.15) is 0 Å². The Bertz CT molecular complexity index is 960. The third-order valence-corrected chi connectivity index (χ3v) is 4.54. The van der Waals surface area contributed by atoms with Gasteiger partial charge in [0.1, 0.15) is 6.54 Å². The molecule has 3 aromatic rings. The SMILES string of the molecule is O=C1CN(c2ncccn2)CCN1C(=O)c1ccccc1-c1ccccc1. The van der Waals surface area contributed by atoms with Gasteiger partial charge in [0, 0.05) is 31.0 Å². The van der Waals surface area contributed by atoms with E-state index >= 15 is 0 Å². The Balaban J connectivity index is 1.57. The van der Waals surface area contributed by atoms with Crippen molar-refractivity contribution in [3.8, 4) is 11.1 Å². The Morgan fingerprint density at radius 3 is 2.30 bits per heavy atom. The van der Waals surface area contributed by atoms with E-state index in [9.17, 15) is 9.59 Å². The molecule has 2 aromatic carbocycles. The van der Waals surface area contributed by atoms with E-state index < -0.39 is 0 Å². The molecule has 1 aliphatic heterocycles. The Morgan fingerprint density at radius 2 is 1.56 bits per heavy atom. The fraction of sp³-hybridized carbons (Fsp3) is 0.143.